The number of unbranched alkanes of at least 4 members (excludes halogenated alkanes) is 14. The first kappa shape index (κ1) is 44.2. The van der Waals surface area contributed by atoms with Crippen LogP contribution in [0.2, 0.25) is 0 Å². The average Bonchev–Trinajstić information content (AvgIpc) is 3.47. The van der Waals surface area contributed by atoms with Crippen LogP contribution in [0.4, 0.5) is 0 Å². The largest absolute Gasteiger partial charge is 0.377 e. The maximum atomic E-state index is 6.68. The van der Waals surface area contributed by atoms with Crippen molar-refractivity contribution in [2.45, 2.75) is 173 Å². The zero-order chi connectivity index (χ0) is 33.9. The molecule has 1 aliphatic heterocycles. The molecule has 1 fully saturated rings. The van der Waals surface area contributed by atoms with Gasteiger partial charge >= 0.3 is 0 Å². The lowest BCUT2D eigenvalue weighted by Gasteiger charge is -2.28. The molecule has 2 unspecified atom stereocenters. The Morgan fingerprint density at radius 3 is 1.70 bits per heavy atom. The summed E-state index contributed by atoms with van der Waals surface area (Å²) in [5.74, 6) is 0.631. The van der Waals surface area contributed by atoms with E-state index in [9.17, 15) is 0 Å². The van der Waals surface area contributed by atoms with Gasteiger partial charge in [-0.05, 0) is 142 Å². The molecule has 1 heterocycles. The number of ether oxygens (including phenoxy) is 3. The number of allylic oxidation sites excluding steroid dienone is 6. The van der Waals surface area contributed by atoms with Crippen molar-refractivity contribution in [3.8, 4) is 0 Å². The van der Waals surface area contributed by atoms with Crippen LogP contribution < -0.4 is 0 Å². The zero-order valence-corrected chi connectivity index (χ0v) is 32.2. The highest BCUT2D eigenvalue weighted by molar-refractivity contribution is 7.80. The molecule has 0 aliphatic carbocycles. The molecule has 0 saturated carbocycles. The lowest BCUT2D eigenvalue weighted by Crippen LogP contribution is -2.31. The van der Waals surface area contributed by atoms with Crippen LogP contribution in [0.1, 0.15) is 161 Å². The topological polar surface area (TPSA) is 30.9 Å². The van der Waals surface area contributed by atoms with Crippen molar-refractivity contribution in [3.63, 3.8) is 0 Å². The Hall–Kier alpha value is -0.850. The van der Waals surface area contributed by atoms with Gasteiger partial charge < -0.3 is 19.1 Å². The highest BCUT2D eigenvalue weighted by Crippen LogP contribution is 2.36. The van der Waals surface area contributed by atoms with Crippen LogP contribution in [0.15, 0.2) is 48.6 Å². The SMILES string of the molecule is CCCCC/C=C\CCCC/C=C\CCCCCC1(CCCCC/C=C\CCOC/C=C\CCCCS)OCC(CCCN(C)C)O1. The van der Waals surface area contributed by atoms with E-state index in [1.54, 1.807) is 0 Å². The van der Waals surface area contributed by atoms with Gasteiger partial charge in [-0.15, -0.1) is 0 Å². The Morgan fingerprint density at radius 1 is 0.638 bits per heavy atom. The smallest absolute Gasteiger partial charge is 0.168 e. The van der Waals surface area contributed by atoms with Crippen LogP contribution in [0.3, 0.4) is 0 Å². The standard InChI is InChI=1S/C42H77NO3S/c1-4-5-6-7-8-9-10-11-12-13-14-15-16-18-22-27-34-42(45-40-41(46-42)33-32-36-43(2)3)35-28-23-19-17-20-24-29-37-44-38-30-25-21-26-31-39-47/h8-9,14-15,20,24-25,30,41,47H,4-7,10-13,16-19,21-23,26-29,31-40H2,1-3H3/b9-8-,15-14-,24-20-,30-25-. The van der Waals surface area contributed by atoms with Crippen LogP contribution in [-0.2, 0) is 14.2 Å². The second kappa shape index (κ2) is 33.6. The molecule has 0 aromatic carbocycles. The molecule has 274 valence electrons. The molecule has 2 atom stereocenters. The van der Waals surface area contributed by atoms with Gasteiger partial charge in [-0.3, -0.25) is 0 Å². The van der Waals surface area contributed by atoms with Crippen molar-refractivity contribution < 1.29 is 14.2 Å². The molecule has 1 rings (SSSR count). The number of nitrogens with zero attached hydrogens (tertiary/aromatic N) is 1. The van der Waals surface area contributed by atoms with Gasteiger partial charge in [-0.2, -0.15) is 12.6 Å². The molecule has 5 heteroatoms. The Balaban J connectivity index is 2.21. The number of hydrogen-bond donors (Lipinski definition) is 1. The Bertz CT molecular complexity index is 730. The van der Waals surface area contributed by atoms with E-state index in [4.69, 9.17) is 14.2 Å². The lowest BCUT2D eigenvalue weighted by molar-refractivity contribution is -0.180. The number of thiol groups is 1. The summed E-state index contributed by atoms with van der Waals surface area (Å²) < 4.78 is 18.9. The van der Waals surface area contributed by atoms with E-state index < -0.39 is 0 Å². The quantitative estimate of drug-likeness (QED) is 0.0418. The average molecular weight is 676 g/mol. The first-order valence-electron chi connectivity index (χ1n) is 19.9. The fourth-order valence-corrected chi connectivity index (χ4v) is 6.28. The number of hydrogen-bond acceptors (Lipinski definition) is 5. The minimum Gasteiger partial charge on any atom is -0.377 e. The summed E-state index contributed by atoms with van der Waals surface area (Å²) in [5, 5.41) is 0. The summed E-state index contributed by atoms with van der Waals surface area (Å²) in [4.78, 5) is 2.26. The summed E-state index contributed by atoms with van der Waals surface area (Å²) in [6.07, 6.45) is 47.8. The van der Waals surface area contributed by atoms with Crippen molar-refractivity contribution in [1.82, 2.24) is 4.90 Å². The Morgan fingerprint density at radius 2 is 1.15 bits per heavy atom. The Labute approximate surface area is 298 Å². The minimum atomic E-state index is -0.350. The van der Waals surface area contributed by atoms with Crippen LogP contribution >= 0.6 is 12.6 Å². The first-order valence-corrected chi connectivity index (χ1v) is 20.5. The van der Waals surface area contributed by atoms with Gasteiger partial charge in [0.05, 0.1) is 25.9 Å². The summed E-state index contributed by atoms with van der Waals surface area (Å²) in [6, 6.07) is 0. The molecule has 0 radical (unpaired) electrons. The highest BCUT2D eigenvalue weighted by Gasteiger charge is 2.40. The van der Waals surface area contributed by atoms with Gasteiger partial charge in [0.2, 0.25) is 0 Å². The Kier molecular flexibility index (Phi) is 31.6. The molecule has 0 bridgehead atoms. The van der Waals surface area contributed by atoms with Crippen molar-refractivity contribution in [1.29, 1.82) is 0 Å². The van der Waals surface area contributed by atoms with E-state index in [1.165, 1.54) is 116 Å². The predicted octanol–water partition coefficient (Wildman–Crippen LogP) is 12.2. The first-order chi connectivity index (χ1) is 23.1. The third-order valence-corrected chi connectivity index (χ3v) is 9.27. The van der Waals surface area contributed by atoms with Crippen LogP contribution in [0, 0.1) is 0 Å². The summed E-state index contributed by atoms with van der Waals surface area (Å²) in [7, 11) is 4.30. The van der Waals surface area contributed by atoms with E-state index in [0.717, 1.165) is 70.6 Å². The van der Waals surface area contributed by atoms with Crippen LogP contribution in [0.25, 0.3) is 0 Å². The molecular weight excluding hydrogens is 599 g/mol. The van der Waals surface area contributed by atoms with Crippen LogP contribution in [-0.4, -0.2) is 63.0 Å². The molecular formula is C42H77NO3S. The van der Waals surface area contributed by atoms with Gasteiger partial charge in [0.25, 0.3) is 0 Å². The molecule has 0 N–H and O–H groups in total. The maximum absolute atomic E-state index is 6.68. The van der Waals surface area contributed by atoms with Gasteiger partial charge in [0.15, 0.2) is 5.79 Å². The van der Waals surface area contributed by atoms with E-state index in [0.29, 0.717) is 0 Å². The predicted molar refractivity (Wildman–Crippen MR) is 210 cm³/mol. The van der Waals surface area contributed by atoms with Crippen molar-refractivity contribution in [3.05, 3.63) is 48.6 Å². The zero-order valence-electron chi connectivity index (χ0n) is 31.3. The summed E-state index contributed by atoms with van der Waals surface area (Å²) >= 11 is 4.25. The van der Waals surface area contributed by atoms with Crippen molar-refractivity contribution in [2.75, 3.05) is 46.2 Å². The van der Waals surface area contributed by atoms with E-state index in [1.807, 2.05) is 0 Å². The summed E-state index contributed by atoms with van der Waals surface area (Å²) in [5.41, 5.74) is 0. The molecule has 0 amide bonds. The highest BCUT2D eigenvalue weighted by atomic mass is 32.1. The molecule has 4 nitrogen and oxygen atoms in total. The third kappa shape index (κ3) is 28.7. The second-order valence-corrected chi connectivity index (χ2v) is 14.3. The molecule has 1 aliphatic rings. The van der Waals surface area contributed by atoms with Gasteiger partial charge in [-0.1, -0.05) is 81.2 Å². The second-order valence-electron chi connectivity index (χ2n) is 13.9. The third-order valence-electron chi connectivity index (χ3n) is 8.96. The monoisotopic (exact) mass is 676 g/mol. The fourth-order valence-electron chi connectivity index (χ4n) is 6.05. The van der Waals surface area contributed by atoms with E-state index in [2.05, 4.69) is 87.2 Å². The molecule has 47 heavy (non-hydrogen) atoms. The maximum Gasteiger partial charge on any atom is 0.168 e. The lowest BCUT2D eigenvalue weighted by atomic mass is 9.99. The molecule has 0 aromatic rings. The summed E-state index contributed by atoms with van der Waals surface area (Å²) in [6.45, 7) is 5.68. The van der Waals surface area contributed by atoms with Crippen molar-refractivity contribution >= 4 is 12.6 Å². The van der Waals surface area contributed by atoms with Crippen LogP contribution in [0.5, 0.6) is 0 Å². The molecule has 1 saturated heterocycles. The minimum absolute atomic E-state index is 0.258. The van der Waals surface area contributed by atoms with Gasteiger partial charge in [-0.25, -0.2) is 0 Å². The fraction of sp³-hybridized carbons (Fsp3) is 0.810. The van der Waals surface area contributed by atoms with Crippen molar-refractivity contribution in [2.24, 2.45) is 0 Å². The van der Waals surface area contributed by atoms with Gasteiger partial charge in [0.1, 0.15) is 0 Å². The number of rotatable bonds is 34. The molecule has 0 spiro atoms. The normalized spacial score (nSPS) is 18.9. The van der Waals surface area contributed by atoms with E-state index in [-0.39, 0.29) is 11.9 Å². The molecule has 0 aromatic heterocycles. The van der Waals surface area contributed by atoms with Gasteiger partial charge in [0, 0.05) is 12.8 Å². The van der Waals surface area contributed by atoms with E-state index >= 15 is 0 Å².